The van der Waals surface area contributed by atoms with Crippen molar-refractivity contribution < 1.29 is 4.79 Å². The van der Waals surface area contributed by atoms with Crippen molar-refractivity contribution in [3.8, 4) is 22.3 Å². The van der Waals surface area contributed by atoms with Gasteiger partial charge in [0.2, 0.25) is 0 Å². The van der Waals surface area contributed by atoms with E-state index < -0.39 is 0 Å². The molecule has 0 aromatic heterocycles. The number of rotatable bonds is 4. The molecule has 0 amide bonds. The third kappa shape index (κ3) is 3.79. The van der Waals surface area contributed by atoms with Gasteiger partial charge in [-0.05, 0) is 59.9 Å². The van der Waals surface area contributed by atoms with Crippen LogP contribution in [0.1, 0.15) is 27.0 Å². The lowest BCUT2D eigenvalue weighted by molar-refractivity contribution is 0.103. The fourth-order valence-corrected chi connectivity index (χ4v) is 3.46. The molecule has 0 saturated carbocycles. The van der Waals surface area contributed by atoms with Crippen molar-refractivity contribution >= 4 is 5.78 Å². The first-order valence-electron chi connectivity index (χ1n) is 9.49. The molecule has 0 spiro atoms. The smallest absolute Gasteiger partial charge is 0.193 e. The van der Waals surface area contributed by atoms with E-state index in [-0.39, 0.29) is 5.78 Å². The number of aryl methyl sites for hydroxylation is 2. The van der Waals surface area contributed by atoms with Crippen LogP contribution >= 0.6 is 0 Å². The molecule has 28 heavy (non-hydrogen) atoms. The average molecular weight is 362 g/mol. The first-order chi connectivity index (χ1) is 13.6. The summed E-state index contributed by atoms with van der Waals surface area (Å²) in [7, 11) is 0. The number of carbonyl (C=O) groups excluding carboxylic acids is 1. The second-order valence-corrected chi connectivity index (χ2v) is 7.23. The molecule has 0 heterocycles. The van der Waals surface area contributed by atoms with Crippen molar-refractivity contribution in [1.29, 1.82) is 0 Å². The van der Waals surface area contributed by atoms with Crippen molar-refractivity contribution in [3.63, 3.8) is 0 Å². The van der Waals surface area contributed by atoms with E-state index in [2.05, 4.69) is 49.4 Å². The van der Waals surface area contributed by atoms with E-state index in [0.717, 1.165) is 33.4 Å². The van der Waals surface area contributed by atoms with Gasteiger partial charge in [0.05, 0.1) is 0 Å². The predicted molar refractivity (Wildman–Crippen MR) is 117 cm³/mol. The SMILES string of the molecule is Cc1ccc(-c2cccc(C(=O)c3cc(C)cc(-c4ccccc4)c3)c2)cc1. The largest absolute Gasteiger partial charge is 0.289 e. The van der Waals surface area contributed by atoms with E-state index in [0.29, 0.717) is 5.56 Å². The highest BCUT2D eigenvalue weighted by molar-refractivity contribution is 6.10. The summed E-state index contributed by atoms with van der Waals surface area (Å²) < 4.78 is 0. The highest BCUT2D eigenvalue weighted by atomic mass is 16.1. The summed E-state index contributed by atoms with van der Waals surface area (Å²) >= 11 is 0. The van der Waals surface area contributed by atoms with Gasteiger partial charge in [-0.2, -0.15) is 0 Å². The van der Waals surface area contributed by atoms with Gasteiger partial charge in [0.1, 0.15) is 0 Å². The minimum absolute atomic E-state index is 0.0508. The monoisotopic (exact) mass is 362 g/mol. The Morgan fingerprint density at radius 3 is 1.89 bits per heavy atom. The molecule has 0 atom stereocenters. The number of carbonyl (C=O) groups is 1. The second kappa shape index (κ2) is 7.66. The molecular formula is C27H22O. The summed E-state index contributed by atoms with van der Waals surface area (Å²) in [5.41, 5.74) is 8.11. The Morgan fingerprint density at radius 1 is 0.500 bits per heavy atom. The minimum Gasteiger partial charge on any atom is -0.289 e. The molecule has 0 aliphatic rings. The lowest BCUT2D eigenvalue weighted by Crippen LogP contribution is -2.02. The summed E-state index contributed by atoms with van der Waals surface area (Å²) in [5, 5.41) is 0. The van der Waals surface area contributed by atoms with Gasteiger partial charge in [0, 0.05) is 11.1 Å². The summed E-state index contributed by atoms with van der Waals surface area (Å²) in [4.78, 5) is 13.2. The molecule has 0 fully saturated rings. The van der Waals surface area contributed by atoms with Gasteiger partial charge >= 0.3 is 0 Å². The Balaban J connectivity index is 1.71. The zero-order valence-electron chi connectivity index (χ0n) is 16.1. The standard InChI is InChI=1S/C27H22O/c1-19-11-13-22(14-12-19)23-9-6-10-24(17-23)27(28)26-16-20(2)15-25(18-26)21-7-4-3-5-8-21/h3-18H,1-2H3. The molecule has 0 aliphatic heterocycles. The van der Waals surface area contributed by atoms with Gasteiger partial charge in [0.15, 0.2) is 5.78 Å². The van der Waals surface area contributed by atoms with Gasteiger partial charge in [-0.25, -0.2) is 0 Å². The molecule has 1 heteroatoms. The van der Waals surface area contributed by atoms with Crippen LogP contribution in [0.25, 0.3) is 22.3 Å². The minimum atomic E-state index is 0.0508. The summed E-state index contributed by atoms with van der Waals surface area (Å²) in [6.07, 6.45) is 0. The van der Waals surface area contributed by atoms with Crippen molar-refractivity contribution in [2.24, 2.45) is 0 Å². The molecule has 0 unspecified atom stereocenters. The van der Waals surface area contributed by atoms with Crippen molar-refractivity contribution in [1.82, 2.24) is 0 Å². The quantitative estimate of drug-likeness (QED) is 0.362. The Bertz CT molecular complexity index is 1120. The van der Waals surface area contributed by atoms with Crippen LogP contribution in [-0.4, -0.2) is 5.78 Å². The molecule has 0 bridgehead atoms. The van der Waals surface area contributed by atoms with Crippen LogP contribution in [0.2, 0.25) is 0 Å². The number of benzene rings is 4. The van der Waals surface area contributed by atoms with Gasteiger partial charge in [-0.15, -0.1) is 0 Å². The summed E-state index contributed by atoms with van der Waals surface area (Å²) in [6.45, 7) is 4.11. The lowest BCUT2D eigenvalue weighted by Gasteiger charge is -2.09. The summed E-state index contributed by atoms with van der Waals surface area (Å²) in [6, 6.07) is 32.5. The van der Waals surface area contributed by atoms with Gasteiger partial charge < -0.3 is 0 Å². The van der Waals surface area contributed by atoms with E-state index in [1.165, 1.54) is 5.56 Å². The zero-order valence-corrected chi connectivity index (χ0v) is 16.1. The van der Waals surface area contributed by atoms with E-state index >= 15 is 0 Å². The molecule has 1 nitrogen and oxygen atoms in total. The fraction of sp³-hybridized carbons (Fsp3) is 0.0741. The molecular weight excluding hydrogens is 340 g/mol. The molecule has 0 saturated heterocycles. The maximum absolute atomic E-state index is 13.2. The Labute approximate surface area is 166 Å². The molecule has 136 valence electrons. The third-order valence-electron chi connectivity index (χ3n) is 4.96. The van der Waals surface area contributed by atoms with Gasteiger partial charge in [-0.3, -0.25) is 4.79 Å². The topological polar surface area (TPSA) is 17.1 Å². The maximum atomic E-state index is 13.2. The number of hydrogen-bond acceptors (Lipinski definition) is 1. The van der Waals surface area contributed by atoms with Crippen LogP contribution in [0.5, 0.6) is 0 Å². The van der Waals surface area contributed by atoms with Crippen molar-refractivity contribution in [2.45, 2.75) is 13.8 Å². The van der Waals surface area contributed by atoms with Gasteiger partial charge in [0.25, 0.3) is 0 Å². The highest BCUT2D eigenvalue weighted by Crippen LogP contribution is 2.26. The lowest BCUT2D eigenvalue weighted by atomic mass is 9.94. The van der Waals surface area contributed by atoms with E-state index in [1.807, 2.05) is 61.5 Å². The average Bonchev–Trinajstić information content (AvgIpc) is 2.74. The van der Waals surface area contributed by atoms with Crippen molar-refractivity contribution in [2.75, 3.05) is 0 Å². The Morgan fingerprint density at radius 2 is 1.14 bits per heavy atom. The van der Waals surface area contributed by atoms with Crippen LogP contribution in [0, 0.1) is 13.8 Å². The van der Waals surface area contributed by atoms with E-state index in [1.54, 1.807) is 0 Å². The normalized spacial score (nSPS) is 10.6. The predicted octanol–water partition coefficient (Wildman–Crippen LogP) is 6.87. The molecule has 0 radical (unpaired) electrons. The first kappa shape index (κ1) is 17.9. The first-order valence-corrected chi connectivity index (χ1v) is 9.49. The van der Waals surface area contributed by atoms with Crippen LogP contribution in [0.4, 0.5) is 0 Å². The second-order valence-electron chi connectivity index (χ2n) is 7.23. The molecule has 0 N–H and O–H groups in total. The molecule has 4 aromatic rings. The van der Waals surface area contributed by atoms with E-state index in [4.69, 9.17) is 0 Å². The Kier molecular flexibility index (Phi) is 4.90. The van der Waals surface area contributed by atoms with Crippen LogP contribution in [0.3, 0.4) is 0 Å². The Hall–Kier alpha value is -3.45. The zero-order chi connectivity index (χ0) is 19.5. The fourth-order valence-electron chi connectivity index (χ4n) is 3.46. The number of hydrogen-bond donors (Lipinski definition) is 0. The van der Waals surface area contributed by atoms with E-state index in [9.17, 15) is 4.79 Å². The third-order valence-corrected chi connectivity index (χ3v) is 4.96. The van der Waals surface area contributed by atoms with Crippen LogP contribution in [0.15, 0.2) is 97.1 Å². The number of ketones is 1. The highest BCUT2D eigenvalue weighted by Gasteiger charge is 2.12. The molecule has 4 rings (SSSR count). The summed E-state index contributed by atoms with van der Waals surface area (Å²) in [5.74, 6) is 0.0508. The molecule has 0 aliphatic carbocycles. The maximum Gasteiger partial charge on any atom is 0.193 e. The van der Waals surface area contributed by atoms with Crippen LogP contribution in [-0.2, 0) is 0 Å². The molecule has 4 aromatic carbocycles. The van der Waals surface area contributed by atoms with Crippen molar-refractivity contribution in [3.05, 3.63) is 119 Å². The van der Waals surface area contributed by atoms with Crippen LogP contribution < -0.4 is 0 Å². The van der Waals surface area contributed by atoms with Gasteiger partial charge in [-0.1, -0.05) is 84.4 Å².